The Kier molecular flexibility index (Phi) is 5.27. The first-order valence-corrected chi connectivity index (χ1v) is 12.2. The smallest absolute Gasteiger partial charge is 0.259 e. The minimum atomic E-state index is -0.257. The molecule has 2 aromatic carbocycles. The highest BCUT2D eigenvalue weighted by Gasteiger charge is 2.53. The Balaban J connectivity index is 1.01. The predicted octanol–water partition coefficient (Wildman–Crippen LogP) is 4.17. The SMILES string of the molecule is Cn1ccc2c(OC3CC4(C3)CN(CCNc3cc5cnn(C)c5cc3F)C4)ccc(Cl)c2c1=O. The lowest BCUT2D eigenvalue weighted by molar-refractivity contribution is -0.117. The van der Waals surface area contributed by atoms with E-state index in [-0.39, 0.29) is 17.5 Å². The topological polar surface area (TPSA) is 64.3 Å². The Morgan fingerprint density at radius 1 is 1.23 bits per heavy atom. The van der Waals surface area contributed by atoms with Gasteiger partial charge >= 0.3 is 0 Å². The van der Waals surface area contributed by atoms with Crippen LogP contribution in [0.25, 0.3) is 21.7 Å². The largest absolute Gasteiger partial charge is 0.490 e. The lowest BCUT2D eigenvalue weighted by atomic mass is 9.62. The van der Waals surface area contributed by atoms with Crippen molar-refractivity contribution in [2.24, 2.45) is 19.5 Å². The molecule has 182 valence electrons. The number of benzene rings is 2. The first-order chi connectivity index (χ1) is 16.8. The third-order valence-corrected chi connectivity index (χ3v) is 7.78. The maximum Gasteiger partial charge on any atom is 0.259 e. The number of anilines is 1. The van der Waals surface area contributed by atoms with Crippen LogP contribution in [0.5, 0.6) is 5.75 Å². The van der Waals surface area contributed by atoms with Gasteiger partial charge in [-0.1, -0.05) is 11.6 Å². The molecule has 0 radical (unpaired) electrons. The number of likely N-dealkylation sites (tertiary alicyclic amines) is 1. The van der Waals surface area contributed by atoms with Gasteiger partial charge < -0.3 is 19.5 Å². The zero-order chi connectivity index (χ0) is 24.3. The Morgan fingerprint density at radius 3 is 2.83 bits per heavy atom. The Hall–Kier alpha value is -3.10. The minimum Gasteiger partial charge on any atom is -0.490 e. The summed E-state index contributed by atoms with van der Waals surface area (Å²) in [4.78, 5) is 14.9. The van der Waals surface area contributed by atoms with Crippen molar-refractivity contribution in [3.63, 3.8) is 0 Å². The molecule has 9 heteroatoms. The van der Waals surface area contributed by atoms with Gasteiger partial charge in [-0.25, -0.2) is 4.39 Å². The highest BCUT2D eigenvalue weighted by Crippen LogP contribution is 2.50. The second-order valence-electron chi connectivity index (χ2n) is 10.0. The number of hydrogen-bond donors (Lipinski definition) is 1. The van der Waals surface area contributed by atoms with Gasteiger partial charge in [0.15, 0.2) is 0 Å². The van der Waals surface area contributed by atoms with Crippen molar-refractivity contribution in [2.75, 3.05) is 31.5 Å². The summed E-state index contributed by atoms with van der Waals surface area (Å²) in [6.07, 6.45) is 5.63. The number of nitrogens with one attached hydrogen (secondary N) is 1. The predicted molar refractivity (Wildman–Crippen MR) is 136 cm³/mol. The summed E-state index contributed by atoms with van der Waals surface area (Å²) in [5.41, 5.74) is 1.49. The zero-order valence-electron chi connectivity index (χ0n) is 19.7. The van der Waals surface area contributed by atoms with Gasteiger partial charge in [-0.2, -0.15) is 5.10 Å². The van der Waals surface area contributed by atoms with Gasteiger partial charge in [0.05, 0.1) is 33.9 Å². The lowest BCUT2D eigenvalue weighted by Gasteiger charge is -2.58. The number of rotatable bonds is 6. The molecule has 1 N–H and O–H groups in total. The Bertz CT molecular complexity index is 1500. The minimum absolute atomic E-state index is 0.119. The lowest BCUT2D eigenvalue weighted by Crippen LogP contribution is -2.65. The van der Waals surface area contributed by atoms with Crippen molar-refractivity contribution < 1.29 is 9.13 Å². The molecule has 1 aliphatic heterocycles. The average Bonchev–Trinajstić information content (AvgIpc) is 3.13. The van der Waals surface area contributed by atoms with Crippen molar-refractivity contribution in [3.8, 4) is 5.75 Å². The summed E-state index contributed by atoms with van der Waals surface area (Å²) in [5.74, 6) is 0.461. The van der Waals surface area contributed by atoms with Crippen molar-refractivity contribution in [3.05, 3.63) is 63.9 Å². The van der Waals surface area contributed by atoms with Crippen LogP contribution in [0.1, 0.15) is 12.8 Å². The maximum absolute atomic E-state index is 14.4. The molecule has 2 aromatic heterocycles. The molecule has 0 amide bonds. The van der Waals surface area contributed by atoms with Crippen LogP contribution < -0.4 is 15.6 Å². The summed E-state index contributed by atoms with van der Waals surface area (Å²) >= 11 is 6.30. The van der Waals surface area contributed by atoms with Gasteiger partial charge in [0, 0.05) is 68.7 Å². The average molecular weight is 496 g/mol. The van der Waals surface area contributed by atoms with E-state index in [1.54, 1.807) is 30.2 Å². The zero-order valence-corrected chi connectivity index (χ0v) is 20.5. The molecule has 7 nitrogen and oxygen atoms in total. The van der Waals surface area contributed by atoms with Crippen molar-refractivity contribution in [1.82, 2.24) is 19.2 Å². The molecule has 2 aliphatic rings. The highest BCUT2D eigenvalue weighted by molar-refractivity contribution is 6.35. The van der Waals surface area contributed by atoms with Crippen LogP contribution in [0.4, 0.5) is 10.1 Å². The number of aromatic nitrogens is 3. The second kappa shape index (κ2) is 8.24. The fraction of sp³-hybridized carbons (Fsp3) is 0.385. The summed E-state index contributed by atoms with van der Waals surface area (Å²) in [7, 11) is 3.53. The molecule has 1 saturated heterocycles. The molecule has 0 atom stereocenters. The molecular weight excluding hydrogens is 469 g/mol. The van der Waals surface area contributed by atoms with Crippen LogP contribution in [0.3, 0.4) is 0 Å². The molecule has 4 aromatic rings. The molecule has 35 heavy (non-hydrogen) atoms. The Morgan fingerprint density at radius 2 is 2.03 bits per heavy atom. The van der Waals surface area contributed by atoms with Gasteiger partial charge in [-0.15, -0.1) is 0 Å². The van der Waals surface area contributed by atoms with Gasteiger partial charge in [0.25, 0.3) is 5.56 Å². The first-order valence-electron chi connectivity index (χ1n) is 11.8. The van der Waals surface area contributed by atoms with E-state index in [1.165, 1.54) is 10.6 Å². The normalized spacial score (nSPS) is 17.6. The van der Waals surface area contributed by atoms with Crippen LogP contribution in [-0.2, 0) is 14.1 Å². The van der Waals surface area contributed by atoms with E-state index in [0.29, 0.717) is 28.1 Å². The third kappa shape index (κ3) is 3.85. The molecule has 3 heterocycles. The summed E-state index contributed by atoms with van der Waals surface area (Å²) < 4.78 is 23.9. The summed E-state index contributed by atoms with van der Waals surface area (Å²) in [5, 5.41) is 10.1. The number of pyridine rings is 1. The van der Waals surface area contributed by atoms with E-state index in [0.717, 1.165) is 54.5 Å². The molecule has 0 bridgehead atoms. The first kappa shape index (κ1) is 22.4. The van der Waals surface area contributed by atoms with E-state index in [2.05, 4.69) is 15.3 Å². The van der Waals surface area contributed by atoms with Crippen LogP contribution in [0, 0.1) is 11.2 Å². The third-order valence-electron chi connectivity index (χ3n) is 7.47. The van der Waals surface area contributed by atoms with Crippen LogP contribution in [0.2, 0.25) is 5.02 Å². The van der Waals surface area contributed by atoms with E-state index in [1.807, 2.05) is 25.2 Å². The van der Waals surface area contributed by atoms with Gasteiger partial charge in [-0.05, 0) is 37.1 Å². The van der Waals surface area contributed by atoms with Gasteiger partial charge in [0.2, 0.25) is 0 Å². The monoisotopic (exact) mass is 495 g/mol. The number of hydrogen-bond acceptors (Lipinski definition) is 5. The number of fused-ring (bicyclic) bond motifs is 2. The van der Waals surface area contributed by atoms with Crippen molar-refractivity contribution >= 4 is 39.0 Å². The molecule has 6 rings (SSSR count). The van der Waals surface area contributed by atoms with E-state index >= 15 is 0 Å². The van der Waals surface area contributed by atoms with E-state index < -0.39 is 0 Å². The molecule has 1 aliphatic carbocycles. The summed E-state index contributed by atoms with van der Waals surface area (Å²) in [6.45, 7) is 3.61. The van der Waals surface area contributed by atoms with Crippen molar-refractivity contribution in [2.45, 2.75) is 18.9 Å². The second-order valence-corrected chi connectivity index (χ2v) is 10.4. The van der Waals surface area contributed by atoms with Crippen LogP contribution >= 0.6 is 11.6 Å². The van der Waals surface area contributed by atoms with Crippen LogP contribution in [-0.4, -0.2) is 51.5 Å². The number of halogens is 2. The van der Waals surface area contributed by atoms with Crippen molar-refractivity contribution in [1.29, 1.82) is 0 Å². The molecule has 1 spiro atoms. The highest BCUT2D eigenvalue weighted by atomic mass is 35.5. The van der Waals surface area contributed by atoms with E-state index in [9.17, 15) is 9.18 Å². The van der Waals surface area contributed by atoms with Crippen LogP contribution in [0.15, 0.2) is 47.5 Å². The number of nitrogens with zero attached hydrogens (tertiary/aromatic N) is 4. The van der Waals surface area contributed by atoms with Gasteiger partial charge in [0.1, 0.15) is 11.6 Å². The molecular formula is C26H27ClFN5O2. The fourth-order valence-electron chi connectivity index (χ4n) is 5.64. The molecule has 2 fully saturated rings. The number of ether oxygens (including phenoxy) is 1. The molecule has 0 unspecified atom stereocenters. The Labute approximate surface area is 207 Å². The quantitative estimate of drug-likeness (QED) is 0.435. The standard InChI is InChI=1S/C26H27ClFN5O2/c1-31-7-5-18-23(4-3-19(27)24(18)25(31)34)35-17-11-26(12-17)14-33(15-26)8-6-29-21-9-16-13-30-32(2)22(16)10-20(21)28/h3-5,7,9-10,13,17,29H,6,8,11-12,14-15H2,1-2H3. The fourth-order valence-corrected chi connectivity index (χ4v) is 5.88. The van der Waals surface area contributed by atoms with Gasteiger partial charge in [-0.3, -0.25) is 9.48 Å². The summed E-state index contributed by atoms with van der Waals surface area (Å²) in [6, 6.07) is 8.83. The molecule has 1 saturated carbocycles. The van der Waals surface area contributed by atoms with E-state index in [4.69, 9.17) is 16.3 Å². The maximum atomic E-state index is 14.4. The number of aryl methyl sites for hydroxylation is 2.